The smallest absolute Gasteiger partial charge is 0.259 e. The van der Waals surface area contributed by atoms with Gasteiger partial charge in [-0.3, -0.25) is 14.9 Å². The molecule has 0 atom stereocenters. The Morgan fingerprint density at radius 3 is 2.60 bits per heavy atom. The van der Waals surface area contributed by atoms with Crippen LogP contribution in [0.2, 0.25) is 0 Å². The molecule has 20 heavy (non-hydrogen) atoms. The number of carbonyl (C=O) groups is 2. The van der Waals surface area contributed by atoms with Gasteiger partial charge in [0.2, 0.25) is 0 Å². The molecular formula is C16H14N2O2. The second-order valence-electron chi connectivity index (χ2n) is 4.89. The van der Waals surface area contributed by atoms with Gasteiger partial charge in [0.1, 0.15) is 0 Å². The molecule has 2 amide bonds. The lowest BCUT2D eigenvalue weighted by Gasteiger charge is -2.08. The third-order valence-electron chi connectivity index (χ3n) is 3.32. The molecule has 0 saturated heterocycles. The molecule has 1 aliphatic heterocycles. The number of benzene rings is 2. The van der Waals surface area contributed by atoms with Crippen LogP contribution in [0.1, 0.15) is 31.8 Å². The normalized spacial score (nSPS) is 13.1. The van der Waals surface area contributed by atoms with E-state index in [1.807, 2.05) is 18.2 Å². The van der Waals surface area contributed by atoms with Crippen molar-refractivity contribution in [1.29, 1.82) is 0 Å². The molecule has 0 spiro atoms. The number of imide groups is 1. The maximum Gasteiger partial charge on any atom is 0.259 e. The van der Waals surface area contributed by atoms with Gasteiger partial charge < -0.3 is 5.32 Å². The van der Waals surface area contributed by atoms with E-state index >= 15 is 0 Å². The van der Waals surface area contributed by atoms with Gasteiger partial charge in [-0.2, -0.15) is 0 Å². The highest BCUT2D eigenvalue weighted by Gasteiger charge is 2.26. The van der Waals surface area contributed by atoms with E-state index in [1.165, 1.54) is 11.1 Å². The van der Waals surface area contributed by atoms with Gasteiger partial charge in [-0.15, -0.1) is 0 Å². The van der Waals surface area contributed by atoms with Crippen LogP contribution < -0.4 is 10.6 Å². The summed E-state index contributed by atoms with van der Waals surface area (Å²) in [6.07, 6.45) is 0. The largest absolute Gasteiger partial charge is 0.381 e. The standard InChI is InChI=1S/C16H14N2O2/c1-10-3-2-4-11(7-10)9-17-12-5-6-13-14(8-12)16(20)18-15(13)19/h2-8,17H,9H2,1H3,(H,18,19,20). The minimum absolute atomic E-state index is 0.324. The molecule has 0 bridgehead atoms. The highest BCUT2D eigenvalue weighted by Crippen LogP contribution is 2.20. The van der Waals surface area contributed by atoms with Gasteiger partial charge in [0.15, 0.2) is 0 Å². The first-order valence-electron chi connectivity index (χ1n) is 6.42. The molecule has 4 nitrogen and oxygen atoms in total. The lowest BCUT2D eigenvalue weighted by molar-refractivity contribution is 0.0879. The van der Waals surface area contributed by atoms with Gasteiger partial charge in [0.05, 0.1) is 11.1 Å². The van der Waals surface area contributed by atoms with Gasteiger partial charge in [0, 0.05) is 12.2 Å². The number of aryl methyl sites for hydroxylation is 1. The van der Waals surface area contributed by atoms with Crippen molar-refractivity contribution in [3.05, 3.63) is 64.7 Å². The third-order valence-corrected chi connectivity index (χ3v) is 3.32. The van der Waals surface area contributed by atoms with Crippen LogP contribution in [0.25, 0.3) is 0 Å². The summed E-state index contributed by atoms with van der Waals surface area (Å²) < 4.78 is 0. The number of carbonyl (C=O) groups excluding carboxylic acids is 2. The van der Waals surface area contributed by atoms with Crippen LogP contribution in [-0.4, -0.2) is 11.8 Å². The predicted molar refractivity (Wildman–Crippen MR) is 76.7 cm³/mol. The Kier molecular flexibility index (Phi) is 2.99. The average molecular weight is 266 g/mol. The number of rotatable bonds is 3. The first kappa shape index (κ1) is 12.4. The molecule has 0 aromatic heterocycles. The fraction of sp³-hybridized carbons (Fsp3) is 0.125. The number of fused-ring (bicyclic) bond motifs is 1. The Labute approximate surface area is 116 Å². The highest BCUT2D eigenvalue weighted by molar-refractivity contribution is 6.21. The van der Waals surface area contributed by atoms with Crippen LogP contribution in [0, 0.1) is 6.92 Å². The molecule has 4 heteroatoms. The number of anilines is 1. The predicted octanol–water partition coefficient (Wildman–Crippen LogP) is 2.49. The van der Waals surface area contributed by atoms with Crippen molar-refractivity contribution in [2.75, 3.05) is 5.32 Å². The van der Waals surface area contributed by atoms with Crippen LogP contribution in [0.15, 0.2) is 42.5 Å². The Bertz CT molecular complexity index is 707. The molecule has 0 aliphatic carbocycles. The molecule has 0 saturated carbocycles. The summed E-state index contributed by atoms with van der Waals surface area (Å²) in [6, 6.07) is 13.4. The zero-order chi connectivity index (χ0) is 14.1. The lowest BCUT2D eigenvalue weighted by atomic mass is 10.1. The summed E-state index contributed by atoms with van der Waals surface area (Å²) in [5, 5.41) is 5.55. The van der Waals surface area contributed by atoms with E-state index in [9.17, 15) is 9.59 Å². The molecule has 1 heterocycles. The molecule has 2 aromatic rings. The van der Waals surface area contributed by atoms with E-state index in [2.05, 4.69) is 29.7 Å². The molecular weight excluding hydrogens is 252 g/mol. The molecule has 3 rings (SSSR count). The fourth-order valence-electron chi connectivity index (χ4n) is 2.30. The maximum absolute atomic E-state index is 11.6. The zero-order valence-corrected chi connectivity index (χ0v) is 11.1. The van der Waals surface area contributed by atoms with Crippen LogP contribution >= 0.6 is 0 Å². The monoisotopic (exact) mass is 266 g/mol. The van der Waals surface area contributed by atoms with Gasteiger partial charge in [0.25, 0.3) is 11.8 Å². The Hall–Kier alpha value is -2.62. The van der Waals surface area contributed by atoms with Crippen molar-refractivity contribution in [3.63, 3.8) is 0 Å². The van der Waals surface area contributed by atoms with E-state index < -0.39 is 0 Å². The molecule has 1 aliphatic rings. The van der Waals surface area contributed by atoms with Crippen molar-refractivity contribution in [2.24, 2.45) is 0 Å². The Morgan fingerprint density at radius 1 is 1.00 bits per heavy atom. The van der Waals surface area contributed by atoms with Gasteiger partial charge in [-0.1, -0.05) is 29.8 Å². The van der Waals surface area contributed by atoms with Crippen molar-refractivity contribution < 1.29 is 9.59 Å². The Balaban J connectivity index is 1.78. The quantitative estimate of drug-likeness (QED) is 0.839. The second-order valence-corrected chi connectivity index (χ2v) is 4.89. The van der Waals surface area contributed by atoms with Crippen LogP contribution in [0.5, 0.6) is 0 Å². The van der Waals surface area contributed by atoms with Gasteiger partial charge >= 0.3 is 0 Å². The molecule has 2 aromatic carbocycles. The SMILES string of the molecule is Cc1cccc(CNc2ccc3c(c2)C(=O)NC3=O)c1. The molecule has 100 valence electrons. The number of nitrogens with one attached hydrogen (secondary N) is 2. The summed E-state index contributed by atoms with van der Waals surface area (Å²) in [5.74, 6) is -0.653. The topological polar surface area (TPSA) is 58.2 Å². The van der Waals surface area contributed by atoms with Crippen molar-refractivity contribution in [2.45, 2.75) is 13.5 Å². The second kappa shape index (κ2) is 4.81. The minimum Gasteiger partial charge on any atom is -0.381 e. The van der Waals surface area contributed by atoms with Crippen LogP contribution in [0.3, 0.4) is 0 Å². The summed E-state index contributed by atoms with van der Waals surface area (Å²) >= 11 is 0. The number of hydrogen-bond acceptors (Lipinski definition) is 3. The van der Waals surface area contributed by atoms with Crippen molar-refractivity contribution in [1.82, 2.24) is 5.32 Å². The maximum atomic E-state index is 11.6. The summed E-state index contributed by atoms with van der Waals surface area (Å²) in [4.78, 5) is 23.0. The van der Waals surface area contributed by atoms with Gasteiger partial charge in [-0.05, 0) is 30.7 Å². The van der Waals surface area contributed by atoms with E-state index in [4.69, 9.17) is 0 Å². The van der Waals surface area contributed by atoms with E-state index in [0.29, 0.717) is 17.7 Å². The molecule has 0 fully saturated rings. The van der Waals surface area contributed by atoms with Crippen LogP contribution in [-0.2, 0) is 6.54 Å². The number of hydrogen-bond donors (Lipinski definition) is 2. The average Bonchev–Trinajstić information content (AvgIpc) is 2.72. The summed E-state index contributed by atoms with van der Waals surface area (Å²) in [6.45, 7) is 2.73. The van der Waals surface area contributed by atoms with E-state index in [1.54, 1.807) is 12.1 Å². The third kappa shape index (κ3) is 2.28. The van der Waals surface area contributed by atoms with Gasteiger partial charge in [-0.25, -0.2) is 0 Å². The molecule has 0 unspecified atom stereocenters. The lowest BCUT2D eigenvalue weighted by Crippen LogP contribution is -2.19. The summed E-state index contributed by atoms with van der Waals surface area (Å²) in [7, 11) is 0. The zero-order valence-electron chi connectivity index (χ0n) is 11.1. The highest BCUT2D eigenvalue weighted by atomic mass is 16.2. The van der Waals surface area contributed by atoms with E-state index in [-0.39, 0.29) is 11.8 Å². The number of amides is 2. The molecule has 0 radical (unpaired) electrons. The molecule has 2 N–H and O–H groups in total. The fourth-order valence-corrected chi connectivity index (χ4v) is 2.30. The van der Waals surface area contributed by atoms with Crippen molar-refractivity contribution >= 4 is 17.5 Å². The van der Waals surface area contributed by atoms with Crippen molar-refractivity contribution in [3.8, 4) is 0 Å². The minimum atomic E-state index is -0.329. The first-order valence-corrected chi connectivity index (χ1v) is 6.42. The first-order chi connectivity index (χ1) is 9.63. The van der Waals surface area contributed by atoms with Crippen LogP contribution in [0.4, 0.5) is 5.69 Å². The summed E-state index contributed by atoms with van der Waals surface area (Å²) in [5.41, 5.74) is 4.09. The van der Waals surface area contributed by atoms with E-state index in [0.717, 1.165) is 5.69 Å². The Morgan fingerprint density at radius 2 is 1.80 bits per heavy atom.